The molecule has 0 radical (unpaired) electrons. The van der Waals surface area contributed by atoms with Crippen LogP contribution in [-0.4, -0.2) is 4.57 Å². The highest BCUT2D eigenvalue weighted by atomic mass is 16.7. The van der Waals surface area contributed by atoms with Crippen LogP contribution in [0.2, 0.25) is 0 Å². The molecule has 1 aliphatic rings. The van der Waals surface area contributed by atoms with Gasteiger partial charge < -0.3 is 4.74 Å². The van der Waals surface area contributed by atoms with E-state index in [1.165, 1.54) is 10.6 Å². The summed E-state index contributed by atoms with van der Waals surface area (Å²) in [6, 6.07) is 22.3. The van der Waals surface area contributed by atoms with Crippen LogP contribution in [0.5, 0.6) is 11.5 Å². The first kappa shape index (κ1) is 15.2. The number of ether oxygens (including phenoxy) is 1. The van der Waals surface area contributed by atoms with Crippen molar-refractivity contribution in [3.8, 4) is 11.5 Å². The predicted molar refractivity (Wildman–Crippen MR) is 94.9 cm³/mol. The Hall–Kier alpha value is -3.31. The largest absolute Gasteiger partial charge is 0.457 e. The third-order valence-corrected chi connectivity index (χ3v) is 3.87. The fraction of sp³-hybridized carbons (Fsp3) is 0.0500. The molecule has 2 heterocycles. The lowest BCUT2D eigenvalue weighted by molar-refractivity contribution is 0.0489. The molecule has 0 saturated carbocycles. The van der Waals surface area contributed by atoms with Gasteiger partial charge in [-0.15, -0.1) is 0 Å². The van der Waals surface area contributed by atoms with Gasteiger partial charge in [-0.05, 0) is 42.0 Å². The van der Waals surface area contributed by atoms with Gasteiger partial charge in [-0.1, -0.05) is 36.4 Å². The molecule has 0 spiro atoms. The molecule has 1 aromatic heterocycles. The minimum Gasteiger partial charge on any atom is -0.457 e. The van der Waals surface area contributed by atoms with E-state index >= 15 is 0 Å². The van der Waals surface area contributed by atoms with Crippen molar-refractivity contribution in [3.05, 3.63) is 101 Å². The highest BCUT2D eigenvalue weighted by Gasteiger charge is 2.19. The van der Waals surface area contributed by atoms with Crippen LogP contribution in [0.25, 0.3) is 5.82 Å². The number of nitrogens with zero attached hydrogens (tertiary/aromatic N) is 1. The van der Waals surface area contributed by atoms with E-state index in [1.807, 2.05) is 60.7 Å². The predicted octanol–water partition coefficient (Wildman–Crippen LogP) is 3.72. The van der Waals surface area contributed by atoms with Gasteiger partial charge in [0.2, 0.25) is 0 Å². The molecule has 1 atom stereocenters. The fourth-order valence-corrected chi connectivity index (χ4v) is 2.61. The van der Waals surface area contributed by atoms with Gasteiger partial charge in [0, 0.05) is 12.3 Å². The van der Waals surface area contributed by atoms with Gasteiger partial charge in [-0.2, -0.15) is 0 Å². The van der Waals surface area contributed by atoms with Gasteiger partial charge >= 0.3 is 0 Å². The smallest absolute Gasteiger partial charge is 0.256 e. The number of aromatic nitrogens is 1. The van der Waals surface area contributed by atoms with Crippen LogP contribution in [-0.2, 0) is 4.84 Å². The van der Waals surface area contributed by atoms with Crippen molar-refractivity contribution in [2.24, 2.45) is 0 Å². The highest BCUT2D eigenvalue weighted by molar-refractivity contribution is 5.47. The summed E-state index contributed by atoms with van der Waals surface area (Å²) in [6.07, 6.45) is 3.30. The lowest BCUT2D eigenvalue weighted by Gasteiger charge is -2.09. The summed E-state index contributed by atoms with van der Waals surface area (Å²) in [7, 11) is 0. The number of hydroxylamine groups is 1. The number of hydrogen-bond donors (Lipinski definition) is 1. The first-order valence-electron chi connectivity index (χ1n) is 7.94. The van der Waals surface area contributed by atoms with Crippen LogP contribution in [0, 0.1) is 0 Å². The first-order valence-corrected chi connectivity index (χ1v) is 7.94. The Morgan fingerprint density at radius 1 is 0.880 bits per heavy atom. The van der Waals surface area contributed by atoms with Gasteiger partial charge in [-0.3, -0.25) is 14.2 Å². The number of rotatable bonds is 4. The van der Waals surface area contributed by atoms with E-state index in [0.29, 0.717) is 5.82 Å². The van der Waals surface area contributed by atoms with Crippen molar-refractivity contribution in [2.45, 2.75) is 6.10 Å². The molecule has 0 amide bonds. The van der Waals surface area contributed by atoms with E-state index in [-0.39, 0.29) is 11.7 Å². The average molecular weight is 332 g/mol. The van der Waals surface area contributed by atoms with Crippen molar-refractivity contribution in [2.75, 3.05) is 0 Å². The second-order valence-electron chi connectivity index (χ2n) is 5.59. The van der Waals surface area contributed by atoms with E-state index in [4.69, 9.17) is 9.57 Å². The number of pyridine rings is 1. The van der Waals surface area contributed by atoms with Crippen molar-refractivity contribution in [3.63, 3.8) is 0 Å². The topological polar surface area (TPSA) is 52.5 Å². The van der Waals surface area contributed by atoms with Crippen molar-refractivity contribution < 1.29 is 9.57 Å². The maximum atomic E-state index is 11.9. The second kappa shape index (κ2) is 6.67. The average Bonchev–Trinajstić information content (AvgIpc) is 3.13. The summed E-state index contributed by atoms with van der Waals surface area (Å²) in [5.74, 6) is 2.16. The standard InChI is InChI=1S/C20H16N2O3/c23-20-8-4-5-13-22(20)19-14-18(25-21-19)15-9-11-17(12-10-15)24-16-6-2-1-3-7-16/h1-14,18,21H. The van der Waals surface area contributed by atoms with Crippen molar-refractivity contribution in [1.29, 1.82) is 0 Å². The summed E-state index contributed by atoms with van der Waals surface area (Å²) >= 11 is 0. The van der Waals surface area contributed by atoms with Crippen molar-refractivity contribution >= 4 is 5.82 Å². The molecular formula is C20H16N2O3. The summed E-state index contributed by atoms with van der Waals surface area (Å²) < 4.78 is 7.29. The fourth-order valence-electron chi connectivity index (χ4n) is 2.61. The number of benzene rings is 2. The lowest BCUT2D eigenvalue weighted by Crippen LogP contribution is -2.22. The third-order valence-electron chi connectivity index (χ3n) is 3.87. The monoisotopic (exact) mass is 332 g/mol. The molecule has 5 heteroatoms. The Morgan fingerprint density at radius 2 is 1.60 bits per heavy atom. The van der Waals surface area contributed by atoms with Gasteiger partial charge in [0.05, 0.1) is 0 Å². The van der Waals surface area contributed by atoms with Crippen LogP contribution in [0.15, 0.2) is 89.9 Å². The van der Waals surface area contributed by atoms with E-state index in [0.717, 1.165) is 17.1 Å². The minimum absolute atomic E-state index is 0.114. The highest BCUT2D eigenvalue weighted by Crippen LogP contribution is 2.28. The van der Waals surface area contributed by atoms with E-state index in [9.17, 15) is 4.79 Å². The molecule has 0 saturated heterocycles. The molecule has 0 aliphatic carbocycles. The molecule has 5 nitrogen and oxygen atoms in total. The molecule has 0 bridgehead atoms. The summed E-state index contributed by atoms with van der Waals surface area (Å²) in [4.78, 5) is 17.5. The summed E-state index contributed by atoms with van der Waals surface area (Å²) in [5, 5.41) is 0. The van der Waals surface area contributed by atoms with Gasteiger partial charge in [0.1, 0.15) is 23.4 Å². The molecule has 0 fully saturated rings. The molecular weight excluding hydrogens is 316 g/mol. The lowest BCUT2D eigenvalue weighted by atomic mass is 10.1. The first-order chi connectivity index (χ1) is 12.3. The van der Waals surface area contributed by atoms with Gasteiger partial charge in [0.15, 0.2) is 0 Å². The van der Waals surface area contributed by atoms with E-state index < -0.39 is 0 Å². The van der Waals surface area contributed by atoms with Gasteiger partial charge in [-0.25, -0.2) is 5.48 Å². The Labute approximate surface area is 144 Å². The van der Waals surface area contributed by atoms with Crippen LogP contribution in [0.3, 0.4) is 0 Å². The van der Waals surface area contributed by atoms with E-state index in [2.05, 4.69) is 5.48 Å². The molecule has 124 valence electrons. The normalized spacial score (nSPS) is 16.2. The second-order valence-corrected chi connectivity index (χ2v) is 5.59. The Balaban J connectivity index is 1.51. The zero-order chi connectivity index (χ0) is 17.1. The van der Waals surface area contributed by atoms with Crippen molar-refractivity contribution in [1.82, 2.24) is 10.0 Å². The molecule has 1 aliphatic heterocycles. The summed E-state index contributed by atoms with van der Waals surface area (Å²) in [5.41, 5.74) is 3.66. The number of hydrogen-bond acceptors (Lipinski definition) is 4. The zero-order valence-corrected chi connectivity index (χ0v) is 13.3. The maximum absolute atomic E-state index is 11.9. The molecule has 25 heavy (non-hydrogen) atoms. The molecule has 1 unspecified atom stereocenters. The van der Waals surface area contributed by atoms with E-state index in [1.54, 1.807) is 18.3 Å². The van der Waals surface area contributed by atoms with Crippen LogP contribution in [0.4, 0.5) is 0 Å². The molecule has 4 rings (SSSR count). The SMILES string of the molecule is O=c1ccccn1C1=CC(c2ccc(Oc3ccccc3)cc2)ON1. The third kappa shape index (κ3) is 3.32. The van der Waals surface area contributed by atoms with Crippen LogP contribution < -0.4 is 15.8 Å². The number of nitrogens with one attached hydrogen (secondary N) is 1. The number of para-hydroxylation sites is 1. The summed E-state index contributed by atoms with van der Waals surface area (Å²) in [6.45, 7) is 0. The maximum Gasteiger partial charge on any atom is 0.256 e. The molecule has 3 aromatic rings. The molecule has 1 N–H and O–H groups in total. The zero-order valence-electron chi connectivity index (χ0n) is 13.3. The van der Waals surface area contributed by atoms with Crippen LogP contribution >= 0.6 is 0 Å². The quantitative estimate of drug-likeness (QED) is 0.791. The molecule has 2 aromatic carbocycles. The van der Waals surface area contributed by atoms with Crippen LogP contribution in [0.1, 0.15) is 11.7 Å². The Morgan fingerprint density at radius 3 is 2.36 bits per heavy atom. The minimum atomic E-state index is -0.270. The Bertz CT molecular complexity index is 946. The van der Waals surface area contributed by atoms with Gasteiger partial charge in [0.25, 0.3) is 5.56 Å². The Kier molecular flexibility index (Phi) is 4.06.